The molecule has 1 aliphatic heterocycles. The monoisotopic (exact) mass is 403 g/mol. The largest absolute Gasteiger partial charge is 0.380 e. The highest BCUT2D eigenvalue weighted by Crippen LogP contribution is 2.10. The SMILES string of the molecule is CCNC(=NCc1ccc(COC)cc1)N1CCCC1.I. The normalized spacial score (nSPS) is 15.0. The van der Waals surface area contributed by atoms with Gasteiger partial charge in [0.15, 0.2) is 5.96 Å². The molecule has 0 unspecified atom stereocenters. The maximum Gasteiger partial charge on any atom is 0.194 e. The van der Waals surface area contributed by atoms with E-state index in [0.717, 1.165) is 32.1 Å². The van der Waals surface area contributed by atoms with E-state index >= 15 is 0 Å². The molecule has 0 amide bonds. The summed E-state index contributed by atoms with van der Waals surface area (Å²) >= 11 is 0. The van der Waals surface area contributed by atoms with Crippen molar-refractivity contribution in [3.8, 4) is 0 Å². The molecule has 1 heterocycles. The second-order valence-electron chi connectivity index (χ2n) is 5.11. The first-order chi connectivity index (χ1) is 9.83. The first-order valence-electron chi connectivity index (χ1n) is 7.43. The highest BCUT2D eigenvalue weighted by atomic mass is 127. The molecule has 1 saturated heterocycles. The maximum atomic E-state index is 5.12. The minimum absolute atomic E-state index is 0. The third-order valence-electron chi connectivity index (χ3n) is 3.49. The highest BCUT2D eigenvalue weighted by molar-refractivity contribution is 14.0. The van der Waals surface area contributed by atoms with Crippen molar-refractivity contribution in [2.75, 3.05) is 26.7 Å². The molecule has 1 aromatic rings. The van der Waals surface area contributed by atoms with Crippen LogP contribution in [0.1, 0.15) is 30.9 Å². The van der Waals surface area contributed by atoms with Gasteiger partial charge in [0.1, 0.15) is 0 Å². The van der Waals surface area contributed by atoms with E-state index in [4.69, 9.17) is 9.73 Å². The van der Waals surface area contributed by atoms with Crippen molar-refractivity contribution in [3.63, 3.8) is 0 Å². The number of nitrogens with one attached hydrogen (secondary N) is 1. The Morgan fingerprint density at radius 3 is 2.38 bits per heavy atom. The van der Waals surface area contributed by atoms with Gasteiger partial charge in [0, 0.05) is 26.7 Å². The predicted molar refractivity (Wildman–Crippen MR) is 98.2 cm³/mol. The van der Waals surface area contributed by atoms with Crippen molar-refractivity contribution in [1.82, 2.24) is 10.2 Å². The molecule has 0 spiro atoms. The molecule has 1 fully saturated rings. The van der Waals surface area contributed by atoms with Crippen molar-refractivity contribution < 1.29 is 4.74 Å². The second-order valence-corrected chi connectivity index (χ2v) is 5.11. The Bertz CT molecular complexity index is 428. The number of guanidine groups is 1. The van der Waals surface area contributed by atoms with Crippen molar-refractivity contribution in [3.05, 3.63) is 35.4 Å². The lowest BCUT2D eigenvalue weighted by Crippen LogP contribution is -2.39. The lowest BCUT2D eigenvalue weighted by atomic mass is 10.1. The molecule has 4 nitrogen and oxygen atoms in total. The van der Waals surface area contributed by atoms with Gasteiger partial charge in [-0.25, -0.2) is 4.99 Å². The van der Waals surface area contributed by atoms with Gasteiger partial charge < -0.3 is 15.0 Å². The smallest absolute Gasteiger partial charge is 0.194 e. The molecular weight excluding hydrogens is 377 g/mol. The van der Waals surface area contributed by atoms with Crippen molar-refractivity contribution in [1.29, 1.82) is 0 Å². The molecule has 1 aliphatic rings. The van der Waals surface area contributed by atoms with E-state index in [-0.39, 0.29) is 24.0 Å². The molecular formula is C16H26IN3O. The quantitative estimate of drug-likeness (QED) is 0.467. The molecule has 1 N–H and O–H groups in total. The summed E-state index contributed by atoms with van der Waals surface area (Å²) in [5.74, 6) is 1.05. The Labute approximate surface area is 145 Å². The van der Waals surface area contributed by atoms with Gasteiger partial charge in [-0.15, -0.1) is 24.0 Å². The zero-order valence-corrected chi connectivity index (χ0v) is 15.3. The zero-order valence-electron chi connectivity index (χ0n) is 13.0. The van der Waals surface area contributed by atoms with Crippen LogP contribution >= 0.6 is 24.0 Å². The van der Waals surface area contributed by atoms with E-state index in [2.05, 4.69) is 41.4 Å². The molecule has 2 rings (SSSR count). The van der Waals surface area contributed by atoms with Crippen LogP contribution in [-0.2, 0) is 17.9 Å². The fourth-order valence-corrected chi connectivity index (χ4v) is 2.43. The summed E-state index contributed by atoms with van der Waals surface area (Å²) < 4.78 is 5.12. The fourth-order valence-electron chi connectivity index (χ4n) is 2.43. The summed E-state index contributed by atoms with van der Waals surface area (Å²) in [4.78, 5) is 7.09. The number of nitrogens with zero attached hydrogens (tertiary/aromatic N) is 2. The average molecular weight is 403 g/mol. The van der Waals surface area contributed by atoms with Gasteiger partial charge in [-0.1, -0.05) is 24.3 Å². The Morgan fingerprint density at radius 2 is 1.81 bits per heavy atom. The summed E-state index contributed by atoms with van der Waals surface area (Å²) in [5.41, 5.74) is 2.44. The van der Waals surface area contributed by atoms with Crippen LogP contribution in [0.4, 0.5) is 0 Å². The molecule has 1 aromatic carbocycles. The van der Waals surface area contributed by atoms with Crippen LogP contribution in [-0.4, -0.2) is 37.6 Å². The summed E-state index contributed by atoms with van der Waals surface area (Å²) in [5, 5.41) is 3.38. The molecule has 0 aliphatic carbocycles. The second kappa shape index (κ2) is 10.00. The maximum absolute atomic E-state index is 5.12. The van der Waals surface area contributed by atoms with Crippen LogP contribution in [0.5, 0.6) is 0 Å². The Kier molecular flexibility index (Phi) is 8.68. The number of rotatable bonds is 5. The minimum atomic E-state index is 0. The molecule has 0 aromatic heterocycles. The lowest BCUT2D eigenvalue weighted by Gasteiger charge is -2.20. The molecule has 0 bridgehead atoms. The van der Waals surface area contributed by atoms with Crippen LogP contribution in [0, 0.1) is 0 Å². The highest BCUT2D eigenvalue weighted by Gasteiger charge is 2.15. The van der Waals surface area contributed by atoms with Gasteiger partial charge in [0.05, 0.1) is 13.2 Å². The van der Waals surface area contributed by atoms with Crippen LogP contribution in [0.3, 0.4) is 0 Å². The predicted octanol–water partition coefficient (Wildman–Crippen LogP) is 3.01. The zero-order chi connectivity index (χ0) is 14.2. The van der Waals surface area contributed by atoms with Crippen molar-refractivity contribution in [2.24, 2.45) is 4.99 Å². The lowest BCUT2D eigenvalue weighted by molar-refractivity contribution is 0.185. The first kappa shape index (κ1) is 18.2. The number of likely N-dealkylation sites (tertiary alicyclic amines) is 1. The topological polar surface area (TPSA) is 36.9 Å². The standard InChI is InChI=1S/C16H25N3O.HI/c1-3-17-16(19-10-4-5-11-19)18-12-14-6-8-15(9-7-14)13-20-2;/h6-9H,3-5,10-13H2,1-2H3,(H,17,18);1H. The van der Waals surface area contributed by atoms with E-state index in [1.807, 2.05) is 0 Å². The van der Waals surface area contributed by atoms with Gasteiger partial charge in [0.2, 0.25) is 0 Å². The molecule has 0 radical (unpaired) electrons. The average Bonchev–Trinajstić information content (AvgIpc) is 2.99. The molecule has 118 valence electrons. The van der Waals surface area contributed by atoms with E-state index in [9.17, 15) is 0 Å². The number of ether oxygens (including phenoxy) is 1. The third-order valence-corrected chi connectivity index (χ3v) is 3.49. The van der Waals surface area contributed by atoms with Crippen molar-refractivity contribution >= 4 is 29.9 Å². The Hall–Kier alpha value is -0.820. The Morgan fingerprint density at radius 1 is 1.19 bits per heavy atom. The first-order valence-corrected chi connectivity index (χ1v) is 7.43. The van der Waals surface area contributed by atoms with E-state index in [1.165, 1.54) is 24.0 Å². The van der Waals surface area contributed by atoms with Crippen LogP contribution < -0.4 is 5.32 Å². The summed E-state index contributed by atoms with van der Waals surface area (Å²) in [6, 6.07) is 8.48. The number of methoxy groups -OCH3 is 1. The van der Waals surface area contributed by atoms with Crippen LogP contribution in [0.15, 0.2) is 29.3 Å². The van der Waals surface area contributed by atoms with Gasteiger partial charge in [-0.3, -0.25) is 0 Å². The van der Waals surface area contributed by atoms with Crippen LogP contribution in [0.2, 0.25) is 0 Å². The van der Waals surface area contributed by atoms with Gasteiger partial charge in [-0.2, -0.15) is 0 Å². The molecule has 5 heteroatoms. The molecule has 21 heavy (non-hydrogen) atoms. The third kappa shape index (κ3) is 5.82. The number of hydrogen-bond acceptors (Lipinski definition) is 2. The van der Waals surface area contributed by atoms with E-state index in [1.54, 1.807) is 7.11 Å². The number of benzene rings is 1. The van der Waals surface area contributed by atoms with Crippen LogP contribution in [0.25, 0.3) is 0 Å². The van der Waals surface area contributed by atoms with Gasteiger partial charge >= 0.3 is 0 Å². The van der Waals surface area contributed by atoms with Crippen molar-refractivity contribution in [2.45, 2.75) is 32.9 Å². The Balaban J connectivity index is 0.00000220. The fraction of sp³-hybridized carbons (Fsp3) is 0.562. The van der Waals surface area contributed by atoms with Gasteiger partial charge in [-0.05, 0) is 30.9 Å². The van der Waals surface area contributed by atoms with E-state index < -0.39 is 0 Å². The summed E-state index contributed by atoms with van der Waals surface area (Å²) in [6.07, 6.45) is 2.55. The molecule has 0 saturated carbocycles. The molecule has 0 atom stereocenters. The number of halogens is 1. The number of aliphatic imine (C=N–C) groups is 1. The summed E-state index contributed by atoms with van der Waals surface area (Å²) in [7, 11) is 1.72. The minimum Gasteiger partial charge on any atom is -0.380 e. The van der Waals surface area contributed by atoms with E-state index in [0.29, 0.717) is 6.61 Å². The summed E-state index contributed by atoms with van der Waals surface area (Å²) in [6.45, 7) is 6.68. The number of hydrogen-bond donors (Lipinski definition) is 1. The van der Waals surface area contributed by atoms with Gasteiger partial charge in [0.25, 0.3) is 0 Å².